The molecule has 150 valence electrons. The highest BCUT2D eigenvalue weighted by Gasteiger charge is 2.10. The molecule has 0 aliphatic carbocycles. The van der Waals surface area contributed by atoms with Crippen LogP contribution in [0, 0.1) is 26.6 Å². The molecule has 1 amide bonds. The van der Waals surface area contributed by atoms with E-state index in [-0.39, 0.29) is 11.7 Å². The second kappa shape index (κ2) is 9.56. The Morgan fingerprint density at radius 2 is 1.86 bits per heavy atom. The molecule has 0 unspecified atom stereocenters. The van der Waals surface area contributed by atoms with Gasteiger partial charge in [0.05, 0.1) is 12.0 Å². The van der Waals surface area contributed by atoms with E-state index in [2.05, 4.69) is 29.6 Å². The molecule has 1 heterocycles. The van der Waals surface area contributed by atoms with Crippen molar-refractivity contribution in [3.8, 4) is 5.69 Å². The Morgan fingerprint density at radius 3 is 2.59 bits per heavy atom. The van der Waals surface area contributed by atoms with E-state index in [1.807, 2.05) is 36.6 Å². The highest BCUT2D eigenvalue weighted by Crippen LogP contribution is 2.20. The summed E-state index contributed by atoms with van der Waals surface area (Å²) in [5.74, 6) is 0.747. The van der Waals surface area contributed by atoms with Crippen LogP contribution in [0.5, 0.6) is 0 Å². The molecule has 3 rings (SSSR count). The molecule has 2 aromatic carbocycles. The summed E-state index contributed by atoms with van der Waals surface area (Å²) in [6, 6.07) is 16.5. The molecule has 1 N–H and O–H groups in total. The van der Waals surface area contributed by atoms with Crippen molar-refractivity contribution in [3.05, 3.63) is 88.5 Å². The average Bonchev–Trinajstić information content (AvgIpc) is 2.98. The first kappa shape index (κ1) is 20.9. The van der Waals surface area contributed by atoms with Crippen molar-refractivity contribution in [3.63, 3.8) is 0 Å². The van der Waals surface area contributed by atoms with Gasteiger partial charge in [-0.25, -0.2) is 9.82 Å². The normalized spacial score (nSPS) is 11.2. The SMILES string of the molecule is Cc1ccccc1CSCC(=O)NN=Cc1cc(C)n(-c2ccc(F)cc2)c1C. The molecule has 29 heavy (non-hydrogen) atoms. The first-order valence-corrected chi connectivity index (χ1v) is 10.5. The third kappa shape index (κ3) is 5.35. The largest absolute Gasteiger partial charge is 0.318 e. The zero-order valence-corrected chi connectivity index (χ0v) is 17.6. The first-order chi connectivity index (χ1) is 14.0. The monoisotopic (exact) mass is 409 g/mol. The van der Waals surface area contributed by atoms with Crippen LogP contribution in [-0.4, -0.2) is 22.4 Å². The topological polar surface area (TPSA) is 46.4 Å². The van der Waals surface area contributed by atoms with Gasteiger partial charge in [0.1, 0.15) is 5.82 Å². The number of amides is 1. The molecular formula is C23H24FN3OS. The molecule has 0 atom stereocenters. The fourth-order valence-corrected chi connectivity index (χ4v) is 4.03. The van der Waals surface area contributed by atoms with Gasteiger partial charge in [0.25, 0.3) is 0 Å². The van der Waals surface area contributed by atoms with Crippen molar-refractivity contribution in [2.24, 2.45) is 5.10 Å². The van der Waals surface area contributed by atoms with Gasteiger partial charge in [0.15, 0.2) is 0 Å². The van der Waals surface area contributed by atoms with Gasteiger partial charge in [-0.05, 0) is 62.2 Å². The number of benzene rings is 2. The van der Waals surface area contributed by atoms with E-state index in [0.29, 0.717) is 5.75 Å². The van der Waals surface area contributed by atoms with E-state index in [1.165, 1.54) is 23.3 Å². The summed E-state index contributed by atoms with van der Waals surface area (Å²) in [4.78, 5) is 12.0. The maximum Gasteiger partial charge on any atom is 0.250 e. The van der Waals surface area contributed by atoms with Crippen molar-refractivity contribution in [2.45, 2.75) is 26.5 Å². The Kier molecular flexibility index (Phi) is 6.88. The van der Waals surface area contributed by atoms with E-state index >= 15 is 0 Å². The standard InChI is InChI=1S/C23H24FN3OS/c1-16-6-4-5-7-19(16)14-29-15-23(28)26-25-13-20-12-17(2)27(18(20)3)22-10-8-21(24)9-11-22/h4-13H,14-15H2,1-3H3,(H,26,28). The Balaban J connectivity index is 1.56. The van der Waals surface area contributed by atoms with E-state index < -0.39 is 0 Å². The summed E-state index contributed by atoms with van der Waals surface area (Å²) in [5, 5.41) is 4.10. The van der Waals surface area contributed by atoms with Crippen LogP contribution in [0.25, 0.3) is 5.69 Å². The van der Waals surface area contributed by atoms with Crippen molar-refractivity contribution in [2.75, 3.05) is 5.75 Å². The highest BCUT2D eigenvalue weighted by atomic mass is 32.2. The van der Waals surface area contributed by atoms with Crippen molar-refractivity contribution in [1.29, 1.82) is 0 Å². The number of carbonyl (C=O) groups is 1. The van der Waals surface area contributed by atoms with Crippen LogP contribution in [0.1, 0.15) is 28.1 Å². The number of nitrogens with zero attached hydrogens (tertiary/aromatic N) is 2. The fourth-order valence-electron chi connectivity index (χ4n) is 3.14. The minimum Gasteiger partial charge on any atom is -0.318 e. The van der Waals surface area contributed by atoms with Gasteiger partial charge in [-0.15, -0.1) is 11.8 Å². The van der Waals surface area contributed by atoms with Crippen molar-refractivity contribution in [1.82, 2.24) is 9.99 Å². The number of thioether (sulfide) groups is 1. The second-order valence-corrected chi connectivity index (χ2v) is 7.84. The molecule has 0 aliphatic heterocycles. The number of halogens is 1. The van der Waals surface area contributed by atoms with Gasteiger partial charge in [-0.2, -0.15) is 5.10 Å². The van der Waals surface area contributed by atoms with Crippen molar-refractivity contribution < 1.29 is 9.18 Å². The minimum absolute atomic E-state index is 0.132. The molecule has 0 fully saturated rings. The summed E-state index contributed by atoms with van der Waals surface area (Å²) in [7, 11) is 0. The molecule has 0 spiro atoms. The molecule has 6 heteroatoms. The van der Waals surface area contributed by atoms with Gasteiger partial charge in [-0.3, -0.25) is 4.79 Å². The van der Waals surface area contributed by atoms with Crippen LogP contribution in [-0.2, 0) is 10.5 Å². The Labute approximate surface area is 174 Å². The zero-order valence-electron chi connectivity index (χ0n) is 16.8. The van der Waals surface area contributed by atoms with E-state index in [4.69, 9.17) is 0 Å². The van der Waals surface area contributed by atoms with Crippen LogP contribution in [0.4, 0.5) is 4.39 Å². The zero-order chi connectivity index (χ0) is 20.8. The molecular weight excluding hydrogens is 385 g/mol. The number of nitrogens with one attached hydrogen (secondary N) is 1. The number of aryl methyl sites for hydroxylation is 2. The summed E-state index contributed by atoms with van der Waals surface area (Å²) in [6.45, 7) is 6.02. The van der Waals surface area contributed by atoms with Crippen LogP contribution in [0.15, 0.2) is 59.7 Å². The lowest BCUT2D eigenvalue weighted by atomic mass is 10.1. The molecule has 1 aromatic heterocycles. The van der Waals surface area contributed by atoms with E-state index in [9.17, 15) is 9.18 Å². The number of rotatable bonds is 7. The average molecular weight is 410 g/mol. The van der Waals surface area contributed by atoms with E-state index in [0.717, 1.165) is 28.4 Å². The summed E-state index contributed by atoms with van der Waals surface area (Å²) >= 11 is 1.56. The molecule has 0 bridgehead atoms. The molecule has 0 radical (unpaired) electrons. The second-order valence-electron chi connectivity index (χ2n) is 6.85. The lowest BCUT2D eigenvalue weighted by Gasteiger charge is -2.09. The molecule has 0 aliphatic rings. The smallest absolute Gasteiger partial charge is 0.250 e. The lowest BCUT2D eigenvalue weighted by molar-refractivity contribution is -0.118. The molecule has 0 saturated carbocycles. The Bertz CT molecular complexity index is 1030. The fraction of sp³-hybridized carbons (Fsp3) is 0.217. The number of hydrogen-bond donors (Lipinski definition) is 1. The predicted molar refractivity (Wildman–Crippen MR) is 118 cm³/mol. The highest BCUT2D eigenvalue weighted by molar-refractivity contribution is 7.99. The van der Waals surface area contributed by atoms with Gasteiger partial charge in [-0.1, -0.05) is 24.3 Å². The number of hydrazone groups is 1. The number of aromatic nitrogens is 1. The molecule has 4 nitrogen and oxygen atoms in total. The third-order valence-electron chi connectivity index (χ3n) is 4.70. The van der Waals surface area contributed by atoms with Gasteiger partial charge in [0, 0.05) is 28.4 Å². The Hall–Kier alpha value is -2.86. The first-order valence-electron chi connectivity index (χ1n) is 9.34. The summed E-state index contributed by atoms with van der Waals surface area (Å²) in [5.41, 5.74) is 8.83. The van der Waals surface area contributed by atoms with Gasteiger partial charge >= 0.3 is 0 Å². The van der Waals surface area contributed by atoms with Crippen LogP contribution >= 0.6 is 11.8 Å². The molecule has 0 saturated heterocycles. The Morgan fingerprint density at radius 1 is 1.14 bits per heavy atom. The maximum absolute atomic E-state index is 13.2. The number of hydrogen-bond acceptors (Lipinski definition) is 3. The minimum atomic E-state index is -0.263. The quantitative estimate of drug-likeness (QED) is 0.444. The number of carbonyl (C=O) groups excluding carboxylic acids is 1. The van der Waals surface area contributed by atoms with Crippen molar-refractivity contribution >= 4 is 23.9 Å². The van der Waals surface area contributed by atoms with E-state index in [1.54, 1.807) is 30.1 Å². The van der Waals surface area contributed by atoms with Crippen LogP contribution in [0.2, 0.25) is 0 Å². The van der Waals surface area contributed by atoms with Crippen LogP contribution < -0.4 is 5.43 Å². The maximum atomic E-state index is 13.2. The predicted octanol–water partition coefficient (Wildman–Crippen LogP) is 4.93. The van der Waals surface area contributed by atoms with Crippen LogP contribution in [0.3, 0.4) is 0 Å². The lowest BCUT2D eigenvalue weighted by Crippen LogP contribution is -2.19. The summed E-state index contributed by atoms with van der Waals surface area (Å²) in [6.07, 6.45) is 1.65. The van der Waals surface area contributed by atoms with Gasteiger partial charge < -0.3 is 4.57 Å². The van der Waals surface area contributed by atoms with Gasteiger partial charge in [0.2, 0.25) is 5.91 Å². The molecule has 3 aromatic rings. The third-order valence-corrected chi connectivity index (χ3v) is 5.68. The summed E-state index contributed by atoms with van der Waals surface area (Å²) < 4.78 is 15.2.